The predicted octanol–water partition coefficient (Wildman–Crippen LogP) is 5.56. The van der Waals surface area contributed by atoms with Crippen LogP contribution in [0, 0.1) is 10.1 Å². The molecule has 0 bridgehead atoms. The smallest absolute Gasteiger partial charge is 0.273 e. The maximum atomic E-state index is 11.2. The summed E-state index contributed by atoms with van der Waals surface area (Å²) in [6.45, 7) is 0. The Morgan fingerprint density at radius 3 is 2.71 bits per heavy atom. The van der Waals surface area contributed by atoms with E-state index in [1.54, 1.807) is 12.3 Å². The van der Waals surface area contributed by atoms with Crippen LogP contribution in [0.5, 0.6) is 5.75 Å². The maximum absolute atomic E-state index is 11.2. The molecule has 3 heterocycles. The van der Waals surface area contributed by atoms with Crippen molar-refractivity contribution in [1.82, 2.24) is 15.2 Å². The SMILES string of the molecule is COc1cc([N+](=O)[O-])ccc1-c1ccc([C@@H]2[C@@H](c3ccccn3)NC(=S)N2C2CCCCC2)o1. The van der Waals surface area contributed by atoms with E-state index in [4.69, 9.17) is 21.4 Å². The van der Waals surface area contributed by atoms with Gasteiger partial charge < -0.3 is 19.4 Å². The van der Waals surface area contributed by atoms with Crippen LogP contribution in [0.15, 0.2) is 59.1 Å². The molecule has 1 aliphatic heterocycles. The van der Waals surface area contributed by atoms with Crippen molar-refractivity contribution in [2.45, 2.75) is 50.2 Å². The van der Waals surface area contributed by atoms with Gasteiger partial charge in [-0.25, -0.2) is 0 Å². The molecule has 2 fully saturated rings. The van der Waals surface area contributed by atoms with E-state index >= 15 is 0 Å². The van der Waals surface area contributed by atoms with Crippen molar-refractivity contribution in [2.24, 2.45) is 0 Å². The lowest BCUT2D eigenvalue weighted by atomic mass is 9.92. The summed E-state index contributed by atoms with van der Waals surface area (Å²) < 4.78 is 11.8. The molecule has 3 aromatic rings. The minimum Gasteiger partial charge on any atom is -0.496 e. The lowest BCUT2D eigenvalue weighted by molar-refractivity contribution is -0.384. The number of benzene rings is 1. The third-order valence-electron chi connectivity index (χ3n) is 6.68. The van der Waals surface area contributed by atoms with Crippen molar-refractivity contribution in [3.8, 4) is 17.1 Å². The molecular formula is C25H26N4O4S. The Morgan fingerprint density at radius 2 is 2.00 bits per heavy atom. The Labute approximate surface area is 203 Å². The number of nitrogens with zero attached hydrogens (tertiary/aromatic N) is 3. The maximum Gasteiger partial charge on any atom is 0.273 e. The first kappa shape index (κ1) is 22.3. The van der Waals surface area contributed by atoms with Gasteiger partial charge in [0.2, 0.25) is 0 Å². The van der Waals surface area contributed by atoms with Gasteiger partial charge >= 0.3 is 0 Å². The first-order valence-electron chi connectivity index (χ1n) is 11.5. The van der Waals surface area contributed by atoms with Crippen LogP contribution in [0.4, 0.5) is 5.69 Å². The topological polar surface area (TPSA) is 93.7 Å². The molecule has 0 unspecified atom stereocenters. The van der Waals surface area contributed by atoms with Gasteiger partial charge in [-0.05, 0) is 55.4 Å². The van der Waals surface area contributed by atoms with Crippen molar-refractivity contribution in [3.05, 3.63) is 76.3 Å². The van der Waals surface area contributed by atoms with Gasteiger partial charge in [0.1, 0.15) is 23.3 Å². The Balaban J connectivity index is 1.54. The quantitative estimate of drug-likeness (QED) is 0.279. The van der Waals surface area contributed by atoms with Crippen LogP contribution in [0.2, 0.25) is 0 Å². The summed E-state index contributed by atoms with van der Waals surface area (Å²) in [4.78, 5) is 17.6. The summed E-state index contributed by atoms with van der Waals surface area (Å²) in [5.74, 6) is 1.74. The van der Waals surface area contributed by atoms with Crippen LogP contribution < -0.4 is 10.1 Å². The van der Waals surface area contributed by atoms with Gasteiger partial charge in [0, 0.05) is 18.3 Å². The van der Waals surface area contributed by atoms with Crippen LogP contribution >= 0.6 is 12.2 Å². The normalized spacial score (nSPS) is 20.9. The standard InChI is InChI=1S/C25H26N4O4S/c1-32-22-15-17(29(30)31)10-11-18(22)20-12-13-21(33-20)24-23(19-9-5-6-14-26-19)27-25(34)28(24)16-7-3-2-4-8-16/h5-6,9-16,23-24H,2-4,7-8H2,1H3,(H,27,34)/t23-,24-/m1/s1. The zero-order valence-electron chi connectivity index (χ0n) is 18.8. The molecule has 1 saturated carbocycles. The van der Waals surface area contributed by atoms with E-state index in [9.17, 15) is 10.1 Å². The van der Waals surface area contributed by atoms with E-state index in [-0.39, 0.29) is 17.8 Å². The van der Waals surface area contributed by atoms with E-state index in [0.717, 1.165) is 29.4 Å². The molecule has 2 atom stereocenters. The highest BCUT2D eigenvalue weighted by atomic mass is 32.1. The van der Waals surface area contributed by atoms with Crippen LogP contribution in [0.1, 0.15) is 55.6 Å². The minimum atomic E-state index is -0.440. The molecule has 176 valence electrons. The summed E-state index contributed by atoms with van der Waals surface area (Å²) in [6, 6.07) is 14.3. The average molecular weight is 479 g/mol. The van der Waals surface area contributed by atoms with Crippen molar-refractivity contribution >= 4 is 23.0 Å². The molecule has 1 aliphatic carbocycles. The van der Waals surface area contributed by atoms with Gasteiger partial charge in [0.25, 0.3) is 5.69 Å². The number of nitro groups is 1. The monoisotopic (exact) mass is 478 g/mol. The molecule has 5 rings (SSSR count). The number of methoxy groups -OCH3 is 1. The predicted molar refractivity (Wildman–Crippen MR) is 132 cm³/mol. The fourth-order valence-corrected chi connectivity index (χ4v) is 5.47. The van der Waals surface area contributed by atoms with Crippen LogP contribution in [0.3, 0.4) is 0 Å². The van der Waals surface area contributed by atoms with Gasteiger partial charge in [-0.15, -0.1) is 0 Å². The minimum absolute atomic E-state index is 0.0311. The number of non-ortho nitro benzene ring substituents is 1. The van der Waals surface area contributed by atoms with Crippen molar-refractivity contribution < 1.29 is 14.1 Å². The lowest BCUT2D eigenvalue weighted by Crippen LogP contribution is -2.40. The van der Waals surface area contributed by atoms with E-state index in [1.807, 2.05) is 30.3 Å². The third-order valence-corrected chi connectivity index (χ3v) is 7.01. The van der Waals surface area contributed by atoms with Gasteiger partial charge in [0.05, 0.1) is 35.4 Å². The highest BCUT2D eigenvalue weighted by Gasteiger charge is 2.44. The summed E-state index contributed by atoms with van der Waals surface area (Å²) >= 11 is 5.82. The number of rotatable bonds is 6. The molecule has 34 heavy (non-hydrogen) atoms. The number of hydrogen-bond acceptors (Lipinski definition) is 6. The van der Waals surface area contributed by atoms with Crippen LogP contribution in [-0.2, 0) is 0 Å². The lowest BCUT2D eigenvalue weighted by Gasteiger charge is -2.36. The van der Waals surface area contributed by atoms with Crippen molar-refractivity contribution in [1.29, 1.82) is 0 Å². The van der Waals surface area contributed by atoms with E-state index in [2.05, 4.69) is 15.2 Å². The number of hydrogen-bond donors (Lipinski definition) is 1. The summed E-state index contributed by atoms with van der Waals surface area (Å²) in [7, 11) is 1.49. The number of ether oxygens (including phenoxy) is 1. The zero-order valence-corrected chi connectivity index (χ0v) is 19.7. The summed E-state index contributed by atoms with van der Waals surface area (Å²) in [6.07, 6.45) is 7.61. The fourth-order valence-electron chi connectivity index (χ4n) is 5.08. The molecule has 1 saturated heterocycles. The molecule has 2 aromatic heterocycles. The highest BCUT2D eigenvalue weighted by Crippen LogP contribution is 2.44. The van der Waals surface area contributed by atoms with Crippen LogP contribution in [0.25, 0.3) is 11.3 Å². The summed E-state index contributed by atoms with van der Waals surface area (Å²) in [5.41, 5.74) is 1.53. The third kappa shape index (κ3) is 4.11. The van der Waals surface area contributed by atoms with E-state index < -0.39 is 4.92 Å². The van der Waals surface area contributed by atoms with Crippen LogP contribution in [-0.4, -0.2) is 33.1 Å². The Hall–Kier alpha value is -3.46. The highest BCUT2D eigenvalue weighted by molar-refractivity contribution is 7.80. The number of aromatic nitrogens is 1. The van der Waals surface area contributed by atoms with E-state index in [1.165, 1.54) is 38.5 Å². The first-order valence-corrected chi connectivity index (χ1v) is 11.9. The fraction of sp³-hybridized carbons (Fsp3) is 0.360. The largest absolute Gasteiger partial charge is 0.496 e. The van der Waals surface area contributed by atoms with Crippen molar-refractivity contribution in [2.75, 3.05) is 7.11 Å². The number of pyridine rings is 1. The Kier molecular flexibility index (Phi) is 6.19. The summed E-state index contributed by atoms with van der Waals surface area (Å²) in [5, 5.41) is 15.4. The molecule has 2 aliphatic rings. The average Bonchev–Trinajstić information content (AvgIpc) is 3.49. The Bertz CT molecular complexity index is 1190. The van der Waals surface area contributed by atoms with Crippen molar-refractivity contribution in [3.63, 3.8) is 0 Å². The van der Waals surface area contributed by atoms with Gasteiger partial charge in [-0.3, -0.25) is 15.1 Å². The number of thiocarbonyl (C=S) groups is 1. The Morgan fingerprint density at radius 1 is 1.18 bits per heavy atom. The molecule has 8 nitrogen and oxygen atoms in total. The molecule has 1 aromatic carbocycles. The number of furan rings is 1. The number of nitro benzene ring substituents is 1. The molecule has 9 heteroatoms. The van der Waals surface area contributed by atoms with E-state index in [0.29, 0.717) is 23.1 Å². The van der Waals surface area contributed by atoms with Gasteiger partial charge in [-0.2, -0.15) is 0 Å². The first-order chi connectivity index (χ1) is 16.6. The second kappa shape index (κ2) is 9.42. The molecule has 0 radical (unpaired) electrons. The molecule has 0 spiro atoms. The number of nitrogens with one attached hydrogen (secondary N) is 1. The van der Waals surface area contributed by atoms with Gasteiger partial charge in [-0.1, -0.05) is 25.3 Å². The molecule has 1 N–H and O–H groups in total. The molecular weight excluding hydrogens is 452 g/mol. The zero-order chi connectivity index (χ0) is 23.7. The molecule has 0 amide bonds. The second-order valence-corrected chi connectivity index (χ2v) is 9.06. The van der Waals surface area contributed by atoms with Gasteiger partial charge in [0.15, 0.2) is 5.11 Å². The second-order valence-electron chi connectivity index (χ2n) is 8.67.